The molecule has 4 heteroatoms. The lowest BCUT2D eigenvalue weighted by molar-refractivity contribution is 0.592. The second-order valence-electron chi connectivity index (χ2n) is 3.99. The van der Waals surface area contributed by atoms with Gasteiger partial charge >= 0.3 is 0 Å². The first-order chi connectivity index (χ1) is 8.00. The molecule has 0 bridgehead atoms. The highest BCUT2D eigenvalue weighted by molar-refractivity contribution is 7.91. The third-order valence-electron chi connectivity index (χ3n) is 2.50. The fraction of sp³-hybridized carbons (Fsp3) is 0.154. The number of benzene rings is 1. The number of nitrogens with zero attached hydrogens (tertiary/aromatic N) is 1. The van der Waals surface area contributed by atoms with Crippen LogP contribution < -0.4 is 0 Å². The zero-order chi connectivity index (χ0) is 12.5. The number of hydrogen-bond acceptors (Lipinski definition) is 3. The molecular formula is C13H13NO2S. The highest BCUT2D eigenvalue weighted by atomic mass is 32.2. The summed E-state index contributed by atoms with van der Waals surface area (Å²) in [5.41, 5.74) is 1.91. The maximum Gasteiger partial charge on any atom is 0.223 e. The Hall–Kier alpha value is -1.68. The highest BCUT2D eigenvalue weighted by Gasteiger charge is 2.18. The molecule has 0 amide bonds. The quantitative estimate of drug-likeness (QED) is 0.819. The van der Waals surface area contributed by atoms with Crippen LogP contribution in [0.25, 0.3) is 0 Å². The lowest BCUT2D eigenvalue weighted by Gasteiger charge is -2.04. The van der Waals surface area contributed by atoms with Gasteiger partial charge in [0.25, 0.3) is 0 Å². The molecule has 0 N–H and O–H groups in total. The molecule has 0 unspecified atom stereocenters. The Balaban J connectivity index is 2.54. The van der Waals surface area contributed by atoms with Gasteiger partial charge in [0.1, 0.15) is 0 Å². The van der Waals surface area contributed by atoms with Crippen LogP contribution in [-0.2, 0) is 9.84 Å². The van der Waals surface area contributed by atoms with Crippen LogP contribution in [0.2, 0.25) is 0 Å². The van der Waals surface area contributed by atoms with Gasteiger partial charge in [0.05, 0.1) is 4.90 Å². The first-order valence-corrected chi connectivity index (χ1v) is 6.73. The molecule has 0 aliphatic heterocycles. The van der Waals surface area contributed by atoms with E-state index in [1.807, 2.05) is 13.8 Å². The molecular weight excluding hydrogens is 234 g/mol. The predicted molar refractivity (Wildman–Crippen MR) is 65.6 cm³/mol. The molecule has 0 saturated heterocycles. The van der Waals surface area contributed by atoms with Gasteiger partial charge in [0, 0.05) is 6.20 Å². The maximum atomic E-state index is 12.2. The molecule has 88 valence electrons. The summed E-state index contributed by atoms with van der Waals surface area (Å²) >= 11 is 0. The summed E-state index contributed by atoms with van der Waals surface area (Å²) in [4.78, 5) is 4.20. The Bertz CT molecular complexity index is 631. The second-order valence-corrected chi connectivity index (χ2v) is 5.88. The first kappa shape index (κ1) is 11.8. The van der Waals surface area contributed by atoms with Crippen LogP contribution in [0.3, 0.4) is 0 Å². The van der Waals surface area contributed by atoms with Crippen molar-refractivity contribution < 1.29 is 8.42 Å². The fourth-order valence-corrected chi connectivity index (χ4v) is 2.77. The largest absolute Gasteiger partial charge is 0.244 e. The minimum absolute atomic E-state index is 0.0985. The van der Waals surface area contributed by atoms with E-state index in [1.165, 1.54) is 6.20 Å². The minimum Gasteiger partial charge on any atom is -0.244 e. The van der Waals surface area contributed by atoms with Crippen molar-refractivity contribution in [1.82, 2.24) is 4.98 Å². The van der Waals surface area contributed by atoms with E-state index in [0.717, 1.165) is 11.1 Å². The molecule has 1 aromatic carbocycles. The molecule has 2 aromatic rings. The Morgan fingerprint density at radius 2 is 1.59 bits per heavy atom. The van der Waals surface area contributed by atoms with Gasteiger partial charge in [-0.25, -0.2) is 13.4 Å². The average Bonchev–Trinajstić information content (AvgIpc) is 2.29. The molecule has 1 heterocycles. The standard InChI is InChI=1S/C13H13NO2S/c1-10-3-5-12(6-4-10)17(15,16)13-9-11(2)7-8-14-13/h3-9H,1-2H3. The SMILES string of the molecule is Cc1ccc(S(=O)(=O)c2cc(C)ccn2)cc1. The number of rotatable bonds is 2. The van der Waals surface area contributed by atoms with Gasteiger partial charge < -0.3 is 0 Å². The van der Waals surface area contributed by atoms with Crippen LogP contribution in [0.5, 0.6) is 0 Å². The lowest BCUT2D eigenvalue weighted by atomic mass is 10.2. The molecule has 0 spiro atoms. The highest BCUT2D eigenvalue weighted by Crippen LogP contribution is 2.19. The monoisotopic (exact) mass is 247 g/mol. The molecule has 0 fully saturated rings. The van der Waals surface area contributed by atoms with E-state index in [1.54, 1.807) is 36.4 Å². The molecule has 0 atom stereocenters. The third kappa shape index (κ3) is 2.36. The van der Waals surface area contributed by atoms with Crippen molar-refractivity contribution in [2.75, 3.05) is 0 Å². The molecule has 0 saturated carbocycles. The molecule has 0 aliphatic rings. The number of sulfone groups is 1. The van der Waals surface area contributed by atoms with Crippen LogP contribution in [0, 0.1) is 13.8 Å². The van der Waals surface area contributed by atoms with Gasteiger partial charge in [-0.15, -0.1) is 0 Å². The Labute approximate surface area is 101 Å². The van der Waals surface area contributed by atoms with Crippen molar-refractivity contribution in [3.8, 4) is 0 Å². The molecule has 2 rings (SSSR count). The average molecular weight is 247 g/mol. The fourth-order valence-electron chi connectivity index (χ4n) is 1.49. The van der Waals surface area contributed by atoms with Crippen LogP contribution in [-0.4, -0.2) is 13.4 Å². The number of pyridine rings is 1. The van der Waals surface area contributed by atoms with Crippen molar-refractivity contribution in [1.29, 1.82) is 0 Å². The molecule has 17 heavy (non-hydrogen) atoms. The summed E-state index contributed by atoms with van der Waals surface area (Å²) in [6.07, 6.45) is 1.51. The summed E-state index contributed by atoms with van der Waals surface area (Å²) in [7, 11) is -3.49. The third-order valence-corrected chi connectivity index (χ3v) is 4.16. The summed E-state index contributed by atoms with van der Waals surface area (Å²) < 4.78 is 24.5. The lowest BCUT2D eigenvalue weighted by Crippen LogP contribution is -2.04. The molecule has 0 aliphatic carbocycles. The number of aromatic nitrogens is 1. The zero-order valence-electron chi connectivity index (χ0n) is 9.71. The Morgan fingerprint density at radius 3 is 2.18 bits per heavy atom. The van der Waals surface area contributed by atoms with Crippen molar-refractivity contribution in [2.45, 2.75) is 23.8 Å². The van der Waals surface area contributed by atoms with Crippen LogP contribution in [0.4, 0.5) is 0 Å². The summed E-state index contributed by atoms with van der Waals surface area (Å²) in [6.45, 7) is 3.76. The number of aryl methyl sites for hydroxylation is 2. The summed E-state index contributed by atoms with van der Waals surface area (Å²) in [5, 5.41) is 0.0985. The van der Waals surface area contributed by atoms with Crippen molar-refractivity contribution >= 4 is 9.84 Å². The van der Waals surface area contributed by atoms with E-state index in [0.29, 0.717) is 0 Å². The zero-order valence-corrected chi connectivity index (χ0v) is 10.5. The van der Waals surface area contributed by atoms with Crippen LogP contribution >= 0.6 is 0 Å². The van der Waals surface area contributed by atoms with Crippen molar-refractivity contribution in [3.63, 3.8) is 0 Å². The number of hydrogen-bond donors (Lipinski definition) is 0. The van der Waals surface area contributed by atoms with Crippen molar-refractivity contribution in [2.24, 2.45) is 0 Å². The van der Waals surface area contributed by atoms with Gasteiger partial charge in [-0.2, -0.15) is 0 Å². The van der Waals surface area contributed by atoms with E-state index < -0.39 is 9.84 Å². The maximum absolute atomic E-state index is 12.2. The Morgan fingerprint density at radius 1 is 0.941 bits per heavy atom. The van der Waals surface area contributed by atoms with E-state index in [-0.39, 0.29) is 9.92 Å². The van der Waals surface area contributed by atoms with Crippen LogP contribution in [0.15, 0.2) is 52.5 Å². The van der Waals surface area contributed by atoms with E-state index in [4.69, 9.17) is 0 Å². The predicted octanol–water partition coefficient (Wildman–Crippen LogP) is 2.53. The molecule has 3 nitrogen and oxygen atoms in total. The smallest absolute Gasteiger partial charge is 0.223 e. The molecule has 0 radical (unpaired) electrons. The Kier molecular flexibility index (Phi) is 2.98. The molecule has 1 aromatic heterocycles. The minimum atomic E-state index is -3.49. The van der Waals surface area contributed by atoms with Gasteiger partial charge in [-0.05, 0) is 43.7 Å². The van der Waals surface area contributed by atoms with Gasteiger partial charge in [-0.3, -0.25) is 0 Å². The van der Waals surface area contributed by atoms with Gasteiger partial charge in [0.15, 0.2) is 5.03 Å². The van der Waals surface area contributed by atoms with Gasteiger partial charge in [-0.1, -0.05) is 17.7 Å². The normalized spacial score (nSPS) is 11.4. The van der Waals surface area contributed by atoms with Crippen LogP contribution in [0.1, 0.15) is 11.1 Å². The first-order valence-electron chi connectivity index (χ1n) is 5.24. The van der Waals surface area contributed by atoms with Crippen molar-refractivity contribution in [3.05, 3.63) is 53.7 Å². The van der Waals surface area contributed by atoms with Gasteiger partial charge in [0.2, 0.25) is 9.84 Å². The van der Waals surface area contributed by atoms with E-state index in [2.05, 4.69) is 4.98 Å². The summed E-state index contributed by atoms with van der Waals surface area (Å²) in [5.74, 6) is 0. The summed E-state index contributed by atoms with van der Waals surface area (Å²) in [6, 6.07) is 10.1. The van der Waals surface area contributed by atoms with E-state index in [9.17, 15) is 8.42 Å². The van der Waals surface area contributed by atoms with E-state index >= 15 is 0 Å². The topological polar surface area (TPSA) is 47.0 Å². The second kappa shape index (κ2) is 4.30.